The molecule has 1 unspecified atom stereocenters. The molecule has 0 aromatic carbocycles. The van der Waals surface area contributed by atoms with Gasteiger partial charge in [-0.3, -0.25) is 4.79 Å². The van der Waals surface area contributed by atoms with Gasteiger partial charge in [0.2, 0.25) is 5.91 Å². The highest BCUT2D eigenvalue weighted by Gasteiger charge is 2.26. The van der Waals surface area contributed by atoms with Gasteiger partial charge in [-0.25, -0.2) is 9.98 Å². The maximum Gasteiger partial charge on any atom is 0.222 e. The molecule has 3 N–H and O–H groups in total. The highest BCUT2D eigenvalue weighted by atomic mass is 127. The van der Waals surface area contributed by atoms with E-state index in [4.69, 9.17) is 10.7 Å². The third-order valence-corrected chi connectivity index (χ3v) is 6.75. The zero-order valence-electron chi connectivity index (χ0n) is 19.9. The molecule has 0 spiro atoms. The molecule has 1 aromatic heterocycles. The summed E-state index contributed by atoms with van der Waals surface area (Å²) in [4.78, 5) is 25.8. The Bertz CT molecular complexity index is 750. The lowest BCUT2D eigenvalue weighted by Gasteiger charge is -2.33. The molecule has 2 aliphatic rings. The Labute approximate surface area is 210 Å². The minimum Gasteiger partial charge on any atom is -0.369 e. The Hall–Kier alpha value is -1.58. The Morgan fingerprint density at radius 1 is 1.31 bits per heavy atom. The summed E-state index contributed by atoms with van der Waals surface area (Å²) in [5.41, 5.74) is 6.66. The number of anilines is 1. The Morgan fingerprint density at radius 3 is 2.75 bits per heavy atom. The Balaban J connectivity index is 0.00000363. The van der Waals surface area contributed by atoms with E-state index in [0.29, 0.717) is 13.1 Å². The van der Waals surface area contributed by atoms with Crippen LogP contribution in [0.2, 0.25) is 0 Å². The van der Waals surface area contributed by atoms with E-state index in [0.717, 1.165) is 61.7 Å². The lowest BCUT2D eigenvalue weighted by atomic mass is 9.83. The Morgan fingerprint density at radius 2 is 2.06 bits per heavy atom. The van der Waals surface area contributed by atoms with Gasteiger partial charge in [-0.1, -0.05) is 25.8 Å². The minimum absolute atomic E-state index is 0. The number of nitrogens with one attached hydrogen (secondary N) is 1. The molecule has 7 nitrogen and oxygen atoms in total. The number of pyridine rings is 1. The summed E-state index contributed by atoms with van der Waals surface area (Å²) in [6.07, 6.45) is 8.94. The summed E-state index contributed by atoms with van der Waals surface area (Å²) in [5, 5.41) is 3.45. The molecule has 8 heteroatoms. The summed E-state index contributed by atoms with van der Waals surface area (Å²) in [6, 6.07) is 4.05. The van der Waals surface area contributed by atoms with Crippen LogP contribution in [0.15, 0.2) is 23.3 Å². The number of aromatic nitrogens is 1. The van der Waals surface area contributed by atoms with Crippen LogP contribution in [0.25, 0.3) is 0 Å². The van der Waals surface area contributed by atoms with Crippen LogP contribution in [0, 0.1) is 17.8 Å². The quantitative estimate of drug-likeness (QED) is 0.305. The second-order valence-electron chi connectivity index (χ2n) is 9.35. The van der Waals surface area contributed by atoms with E-state index >= 15 is 0 Å². The van der Waals surface area contributed by atoms with Gasteiger partial charge in [0.1, 0.15) is 5.82 Å². The van der Waals surface area contributed by atoms with Crippen molar-refractivity contribution in [3.05, 3.63) is 23.9 Å². The summed E-state index contributed by atoms with van der Waals surface area (Å²) < 4.78 is 0. The van der Waals surface area contributed by atoms with Crippen molar-refractivity contribution >= 4 is 41.7 Å². The fourth-order valence-electron chi connectivity index (χ4n) is 4.86. The zero-order chi connectivity index (χ0) is 22.2. The van der Waals surface area contributed by atoms with Crippen molar-refractivity contribution in [3.63, 3.8) is 0 Å². The average Bonchev–Trinajstić information content (AvgIpc) is 2.78. The van der Waals surface area contributed by atoms with E-state index in [9.17, 15) is 4.79 Å². The van der Waals surface area contributed by atoms with Crippen LogP contribution in [0.5, 0.6) is 0 Å². The lowest BCUT2D eigenvalue weighted by Crippen LogP contribution is -2.42. The maximum absolute atomic E-state index is 11.7. The van der Waals surface area contributed by atoms with E-state index in [1.807, 2.05) is 12.3 Å². The summed E-state index contributed by atoms with van der Waals surface area (Å²) in [5.74, 6) is 3.18. The minimum atomic E-state index is -0.214. The molecule has 2 heterocycles. The molecule has 0 bridgehead atoms. The number of nitrogens with two attached hydrogens (primary N) is 1. The predicted octanol–water partition coefficient (Wildman–Crippen LogP) is 3.62. The molecule has 3 rings (SSSR count). The highest BCUT2D eigenvalue weighted by Crippen LogP contribution is 2.29. The van der Waals surface area contributed by atoms with E-state index in [1.165, 1.54) is 25.7 Å². The standard InChI is InChI=1S/C24H40N6O.HI/c1-4-26-24(29(3)16-19-11-9-18(2)10-12-19)28-15-20-7-5-13-27-23(20)30-14-6-8-21(17-30)22(25)31;/h5,7,13,18-19,21H,4,6,8-12,14-17H2,1-3H3,(H2,25,31)(H,26,28);1H. The predicted molar refractivity (Wildman–Crippen MR) is 142 cm³/mol. The van der Waals surface area contributed by atoms with Gasteiger partial charge in [0.15, 0.2) is 5.96 Å². The van der Waals surface area contributed by atoms with E-state index in [2.05, 4.69) is 47.1 Å². The topological polar surface area (TPSA) is 86.9 Å². The molecule has 1 amide bonds. The van der Waals surface area contributed by atoms with Crippen molar-refractivity contribution in [2.75, 3.05) is 38.1 Å². The molecular formula is C24H41IN6O. The van der Waals surface area contributed by atoms with Crippen LogP contribution in [0.3, 0.4) is 0 Å². The number of halogens is 1. The number of aliphatic imine (C=N–C) groups is 1. The third kappa shape index (κ3) is 7.49. The van der Waals surface area contributed by atoms with Crippen molar-refractivity contribution < 1.29 is 4.79 Å². The van der Waals surface area contributed by atoms with E-state index in [-0.39, 0.29) is 35.8 Å². The van der Waals surface area contributed by atoms with Crippen molar-refractivity contribution in [2.45, 2.75) is 58.9 Å². The number of amides is 1. The zero-order valence-corrected chi connectivity index (χ0v) is 22.3. The molecular weight excluding hydrogens is 515 g/mol. The van der Waals surface area contributed by atoms with Crippen molar-refractivity contribution in [2.24, 2.45) is 28.5 Å². The maximum atomic E-state index is 11.7. The molecule has 1 aliphatic heterocycles. The second kappa shape index (κ2) is 13.2. The lowest BCUT2D eigenvalue weighted by molar-refractivity contribution is -0.122. The van der Waals surface area contributed by atoms with Gasteiger partial charge in [-0.2, -0.15) is 0 Å². The van der Waals surface area contributed by atoms with Crippen molar-refractivity contribution in [3.8, 4) is 0 Å². The van der Waals surface area contributed by atoms with Crippen LogP contribution >= 0.6 is 24.0 Å². The number of rotatable bonds is 7. The van der Waals surface area contributed by atoms with E-state index in [1.54, 1.807) is 0 Å². The van der Waals surface area contributed by atoms with Gasteiger partial charge < -0.3 is 20.9 Å². The van der Waals surface area contributed by atoms with Crippen molar-refractivity contribution in [1.29, 1.82) is 0 Å². The van der Waals surface area contributed by atoms with Crippen LogP contribution in [0.4, 0.5) is 5.82 Å². The van der Waals surface area contributed by atoms with Gasteiger partial charge in [-0.05, 0) is 50.5 Å². The molecule has 1 saturated heterocycles. The van der Waals surface area contributed by atoms with Gasteiger partial charge in [0.25, 0.3) is 0 Å². The number of piperidine rings is 1. The molecule has 1 saturated carbocycles. The first-order valence-corrected chi connectivity index (χ1v) is 12.0. The van der Waals surface area contributed by atoms with Crippen molar-refractivity contribution in [1.82, 2.24) is 15.2 Å². The van der Waals surface area contributed by atoms with E-state index < -0.39 is 0 Å². The monoisotopic (exact) mass is 556 g/mol. The Kier molecular flexibility index (Phi) is 11.0. The van der Waals surface area contributed by atoms with Crippen LogP contribution in [-0.2, 0) is 11.3 Å². The number of guanidine groups is 1. The van der Waals surface area contributed by atoms with Gasteiger partial charge in [0.05, 0.1) is 12.5 Å². The SMILES string of the molecule is CCNC(=NCc1cccnc1N1CCCC(C(N)=O)C1)N(C)CC1CCC(C)CC1.I. The average molecular weight is 557 g/mol. The number of primary amides is 1. The summed E-state index contributed by atoms with van der Waals surface area (Å²) >= 11 is 0. The third-order valence-electron chi connectivity index (χ3n) is 6.75. The number of nitrogens with zero attached hydrogens (tertiary/aromatic N) is 4. The van der Waals surface area contributed by atoms with Gasteiger partial charge >= 0.3 is 0 Å². The number of hydrogen-bond acceptors (Lipinski definition) is 4. The normalized spacial score (nSPS) is 23.9. The number of hydrogen-bond donors (Lipinski definition) is 2. The summed E-state index contributed by atoms with van der Waals surface area (Å²) in [6.45, 7) is 8.47. The first-order valence-electron chi connectivity index (χ1n) is 12.0. The van der Waals surface area contributed by atoms with Gasteiger partial charge in [-0.15, -0.1) is 24.0 Å². The van der Waals surface area contributed by atoms with Crippen LogP contribution in [0.1, 0.15) is 57.9 Å². The molecule has 1 aromatic rings. The number of carbonyl (C=O) groups excluding carboxylic acids is 1. The highest BCUT2D eigenvalue weighted by molar-refractivity contribution is 14.0. The fraction of sp³-hybridized carbons (Fsp3) is 0.708. The molecule has 0 radical (unpaired) electrons. The summed E-state index contributed by atoms with van der Waals surface area (Å²) in [7, 11) is 2.14. The molecule has 180 valence electrons. The molecule has 1 atom stereocenters. The first-order chi connectivity index (χ1) is 15.0. The largest absolute Gasteiger partial charge is 0.369 e. The molecule has 2 fully saturated rings. The number of carbonyl (C=O) groups is 1. The van der Waals surface area contributed by atoms with Crippen LogP contribution < -0.4 is 16.0 Å². The van der Waals surface area contributed by atoms with Gasteiger partial charge in [0, 0.05) is 45.0 Å². The fourth-order valence-corrected chi connectivity index (χ4v) is 4.86. The molecule has 32 heavy (non-hydrogen) atoms. The smallest absolute Gasteiger partial charge is 0.222 e. The van der Waals surface area contributed by atoms with Crippen LogP contribution in [-0.4, -0.2) is 55.0 Å². The first kappa shape index (κ1) is 26.7. The molecule has 1 aliphatic carbocycles. The second-order valence-corrected chi connectivity index (χ2v) is 9.35.